The molecule has 11 heteroatoms. The number of hydrogen-bond donors (Lipinski definition) is 3. The lowest BCUT2D eigenvalue weighted by Crippen LogP contribution is -2.47. The average molecular weight is 500 g/mol. The van der Waals surface area contributed by atoms with Crippen LogP contribution >= 0.6 is 11.6 Å². The number of aromatic amines is 1. The molecule has 0 spiro atoms. The van der Waals surface area contributed by atoms with E-state index in [1.165, 1.54) is 19.1 Å². The number of carboxylic acids is 1. The normalized spacial score (nSPS) is 14.4. The highest BCUT2D eigenvalue weighted by atomic mass is 35.5. The van der Waals surface area contributed by atoms with Crippen molar-refractivity contribution >= 4 is 17.6 Å². The molecule has 3 aromatic rings. The topological polar surface area (TPSA) is 99.6 Å². The van der Waals surface area contributed by atoms with Crippen LogP contribution in [-0.2, 0) is 5.60 Å². The van der Waals surface area contributed by atoms with Crippen molar-refractivity contribution in [2.45, 2.75) is 31.5 Å². The molecule has 180 valence electrons. The molecule has 2 unspecified atom stereocenters. The van der Waals surface area contributed by atoms with Gasteiger partial charge < -0.3 is 19.9 Å². The fourth-order valence-electron chi connectivity index (χ4n) is 3.49. The Morgan fingerprint density at radius 1 is 1.12 bits per heavy atom. The first kappa shape index (κ1) is 25.3. The summed E-state index contributed by atoms with van der Waals surface area (Å²) in [6.07, 6.45) is -4.37. The third-order valence-electron chi connectivity index (χ3n) is 5.43. The van der Waals surface area contributed by atoms with Gasteiger partial charge in [0, 0.05) is 28.3 Å². The second-order valence-electron chi connectivity index (χ2n) is 7.62. The Hall–Kier alpha value is -3.37. The number of hydrogen-bond acceptors (Lipinski definition) is 4. The summed E-state index contributed by atoms with van der Waals surface area (Å²) < 4.78 is 61.7. The number of ether oxygens (including phenoxy) is 1. The zero-order valence-corrected chi connectivity index (χ0v) is 18.5. The number of aromatic carboxylic acids is 1. The number of benzene rings is 2. The van der Waals surface area contributed by atoms with Crippen LogP contribution in [0.15, 0.2) is 53.5 Å². The van der Waals surface area contributed by atoms with Gasteiger partial charge in [0.2, 0.25) is 0 Å². The number of aromatic nitrogens is 1. The number of aliphatic hydroxyl groups is 1. The van der Waals surface area contributed by atoms with Crippen LogP contribution < -0.4 is 10.3 Å². The molecule has 0 saturated carbocycles. The zero-order valence-electron chi connectivity index (χ0n) is 17.7. The molecular formula is C23H18ClF4NO5. The summed E-state index contributed by atoms with van der Waals surface area (Å²) in [6, 6.07) is 7.62. The second kappa shape index (κ2) is 9.11. The first-order chi connectivity index (χ1) is 15.8. The van der Waals surface area contributed by atoms with E-state index in [0.29, 0.717) is 0 Å². The van der Waals surface area contributed by atoms with E-state index in [4.69, 9.17) is 21.4 Å². The minimum absolute atomic E-state index is 0.0268. The van der Waals surface area contributed by atoms with Gasteiger partial charge in [-0.1, -0.05) is 18.5 Å². The van der Waals surface area contributed by atoms with Crippen molar-refractivity contribution in [1.29, 1.82) is 0 Å². The van der Waals surface area contributed by atoms with E-state index in [0.717, 1.165) is 43.5 Å². The molecule has 34 heavy (non-hydrogen) atoms. The number of halogens is 5. The number of H-pyrrole nitrogens is 1. The summed E-state index contributed by atoms with van der Waals surface area (Å²) in [7, 11) is 0. The van der Waals surface area contributed by atoms with Gasteiger partial charge in [-0.15, -0.1) is 0 Å². The van der Waals surface area contributed by atoms with Crippen molar-refractivity contribution in [2.24, 2.45) is 0 Å². The second-order valence-corrected chi connectivity index (χ2v) is 8.03. The highest BCUT2D eigenvalue weighted by molar-refractivity contribution is 6.31. The maximum Gasteiger partial charge on any atom is 0.422 e. The number of rotatable bonds is 6. The molecule has 0 radical (unpaired) electrons. The number of aryl methyl sites for hydroxylation is 1. The molecule has 0 aliphatic heterocycles. The van der Waals surface area contributed by atoms with E-state index in [-0.39, 0.29) is 27.6 Å². The van der Waals surface area contributed by atoms with Gasteiger partial charge in [0.15, 0.2) is 5.60 Å². The van der Waals surface area contributed by atoms with Crippen LogP contribution in [0.2, 0.25) is 5.02 Å². The molecule has 6 nitrogen and oxygen atoms in total. The third-order valence-corrected chi connectivity index (χ3v) is 5.77. The Labute approximate surface area is 195 Å². The Kier molecular flexibility index (Phi) is 6.77. The van der Waals surface area contributed by atoms with E-state index in [2.05, 4.69) is 4.98 Å². The monoisotopic (exact) mass is 499 g/mol. The minimum Gasteiger partial charge on any atom is -0.478 e. The summed E-state index contributed by atoms with van der Waals surface area (Å²) >= 11 is 6.16. The summed E-state index contributed by atoms with van der Waals surface area (Å²) in [6.45, 7) is 2.42. The van der Waals surface area contributed by atoms with Gasteiger partial charge in [0.05, 0.1) is 5.56 Å². The molecule has 0 aliphatic rings. The van der Waals surface area contributed by atoms with Crippen LogP contribution in [-0.4, -0.2) is 27.3 Å². The minimum atomic E-state index is -5.16. The van der Waals surface area contributed by atoms with Gasteiger partial charge >= 0.3 is 12.1 Å². The number of carbonyl (C=O) groups is 1. The Balaban J connectivity index is 2.07. The first-order valence-corrected chi connectivity index (χ1v) is 10.1. The number of pyridine rings is 1. The number of alkyl halides is 3. The third kappa shape index (κ3) is 4.64. The van der Waals surface area contributed by atoms with E-state index < -0.39 is 46.2 Å². The van der Waals surface area contributed by atoms with Crippen molar-refractivity contribution in [3.63, 3.8) is 0 Å². The van der Waals surface area contributed by atoms with Crippen LogP contribution in [0.25, 0.3) is 0 Å². The summed E-state index contributed by atoms with van der Waals surface area (Å²) in [5.74, 6) is -4.30. The van der Waals surface area contributed by atoms with E-state index >= 15 is 0 Å². The molecule has 1 aromatic heterocycles. The van der Waals surface area contributed by atoms with Gasteiger partial charge in [-0.25, -0.2) is 9.18 Å². The lowest BCUT2D eigenvalue weighted by atomic mass is 9.78. The lowest BCUT2D eigenvalue weighted by Gasteiger charge is -2.37. The van der Waals surface area contributed by atoms with Crippen LogP contribution in [0.4, 0.5) is 17.6 Å². The van der Waals surface area contributed by atoms with E-state index in [9.17, 15) is 32.3 Å². The SMILES string of the molecule is Cc1cc(C(O)(C(C)c2cc(Oc3ccc(F)c(C(=O)O)c3)ccc2Cl)C(F)(F)F)c[nH]c1=O. The molecule has 0 bridgehead atoms. The fourth-order valence-corrected chi connectivity index (χ4v) is 3.77. The highest BCUT2D eigenvalue weighted by Gasteiger charge is 2.59. The van der Waals surface area contributed by atoms with Gasteiger partial charge in [-0.05, 0) is 55.0 Å². The van der Waals surface area contributed by atoms with Gasteiger partial charge in [0.1, 0.15) is 17.3 Å². The summed E-state index contributed by atoms with van der Waals surface area (Å²) in [5, 5.41) is 19.9. The Morgan fingerprint density at radius 3 is 2.32 bits per heavy atom. The van der Waals surface area contributed by atoms with Gasteiger partial charge in [0.25, 0.3) is 5.56 Å². The predicted molar refractivity (Wildman–Crippen MR) is 115 cm³/mol. The number of carboxylic acid groups (broad SMARTS) is 1. The van der Waals surface area contributed by atoms with Crippen LogP contribution in [0.5, 0.6) is 11.5 Å². The fraction of sp³-hybridized carbons (Fsp3) is 0.217. The van der Waals surface area contributed by atoms with Crippen molar-refractivity contribution in [3.05, 3.63) is 92.1 Å². The molecule has 2 aromatic carbocycles. The standard InChI is InChI=1S/C23H18ClF4NO5/c1-11-7-13(10-29-20(11)30)22(33,23(26,27)28)12(2)16-8-14(3-5-18(16)24)34-15-4-6-19(25)17(9-15)21(31)32/h3-10,12,33H,1-2H3,(H,29,30)(H,31,32). The maximum atomic E-state index is 14.2. The smallest absolute Gasteiger partial charge is 0.422 e. The zero-order chi connectivity index (χ0) is 25.4. The van der Waals surface area contributed by atoms with Crippen LogP contribution in [0.3, 0.4) is 0 Å². The molecule has 3 N–H and O–H groups in total. The molecule has 0 saturated heterocycles. The largest absolute Gasteiger partial charge is 0.478 e. The lowest BCUT2D eigenvalue weighted by molar-refractivity contribution is -0.274. The van der Waals surface area contributed by atoms with Crippen molar-refractivity contribution in [1.82, 2.24) is 4.98 Å². The predicted octanol–water partition coefficient (Wildman–Crippen LogP) is 5.52. The van der Waals surface area contributed by atoms with Gasteiger partial charge in [-0.3, -0.25) is 4.79 Å². The highest BCUT2D eigenvalue weighted by Crippen LogP contribution is 2.50. The maximum absolute atomic E-state index is 14.2. The molecule has 0 amide bonds. The van der Waals surface area contributed by atoms with Crippen molar-refractivity contribution in [3.8, 4) is 11.5 Å². The van der Waals surface area contributed by atoms with Crippen LogP contribution in [0, 0.1) is 12.7 Å². The Bertz CT molecular complexity index is 1310. The quantitative estimate of drug-likeness (QED) is 0.388. The summed E-state index contributed by atoms with van der Waals surface area (Å²) in [5.41, 5.74) is -5.44. The average Bonchev–Trinajstić information content (AvgIpc) is 2.76. The van der Waals surface area contributed by atoms with E-state index in [1.54, 1.807) is 0 Å². The molecule has 1 heterocycles. The molecule has 0 aliphatic carbocycles. The first-order valence-electron chi connectivity index (χ1n) is 9.74. The molecule has 3 rings (SSSR count). The van der Waals surface area contributed by atoms with Gasteiger partial charge in [-0.2, -0.15) is 13.2 Å². The molecule has 2 atom stereocenters. The molecule has 0 fully saturated rings. The molecular weight excluding hydrogens is 482 g/mol. The Morgan fingerprint density at radius 2 is 1.74 bits per heavy atom. The summed E-state index contributed by atoms with van der Waals surface area (Å²) in [4.78, 5) is 24.9. The van der Waals surface area contributed by atoms with Crippen LogP contribution in [0.1, 0.15) is 39.9 Å². The van der Waals surface area contributed by atoms with Crippen molar-refractivity contribution < 1.29 is 37.3 Å². The van der Waals surface area contributed by atoms with E-state index in [1.807, 2.05) is 0 Å². The number of nitrogens with one attached hydrogen (secondary N) is 1. The van der Waals surface area contributed by atoms with Crippen molar-refractivity contribution in [2.75, 3.05) is 0 Å².